The van der Waals surface area contributed by atoms with Crippen LogP contribution in [0.5, 0.6) is 0 Å². The van der Waals surface area contributed by atoms with Crippen LogP contribution in [0.1, 0.15) is 30.3 Å². The summed E-state index contributed by atoms with van der Waals surface area (Å²) in [7, 11) is 0. The van der Waals surface area contributed by atoms with Crippen molar-refractivity contribution in [3.63, 3.8) is 0 Å². The minimum atomic E-state index is -0.349. The van der Waals surface area contributed by atoms with Crippen molar-refractivity contribution in [2.45, 2.75) is 26.4 Å². The summed E-state index contributed by atoms with van der Waals surface area (Å²) in [4.78, 5) is 15.8. The lowest BCUT2D eigenvalue weighted by molar-refractivity contribution is -0.150. The Labute approximate surface area is 130 Å². The second kappa shape index (κ2) is 7.96. The third-order valence-electron chi connectivity index (χ3n) is 3.34. The number of ether oxygens (including phenoxy) is 1. The lowest BCUT2D eigenvalue weighted by atomic mass is 10.1. The molecule has 0 bridgehead atoms. The molecule has 0 spiro atoms. The molecule has 1 atom stereocenters. The Morgan fingerprint density at radius 3 is 2.52 bits per heavy atom. The number of nitrogens with zero attached hydrogens (tertiary/aromatic N) is 1. The topological polar surface area (TPSA) is 29.5 Å². The van der Waals surface area contributed by atoms with E-state index in [0.717, 1.165) is 18.7 Å². The van der Waals surface area contributed by atoms with Crippen molar-refractivity contribution >= 4 is 17.3 Å². The normalized spacial score (nSPS) is 12.3. The molecule has 3 nitrogen and oxygen atoms in total. The highest BCUT2D eigenvalue weighted by atomic mass is 32.1. The number of carbonyl (C=O) groups is 1. The molecular formula is C17H21NO2S. The van der Waals surface area contributed by atoms with Gasteiger partial charge in [-0.2, -0.15) is 0 Å². The van der Waals surface area contributed by atoms with Gasteiger partial charge in [0.25, 0.3) is 0 Å². The number of carbonyl (C=O) groups excluding carboxylic acids is 1. The maximum absolute atomic E-state index is 12.4. The largest absolute Gasteiger partial charge is 0.465 e. The van der Waals surface area contributed by atoms with Gasteiger partial charge in [0.2, 0.25) is 0 Å². The summed E-state index contributed by atoms with van der Waals surface area (Å²) in [5.41, 5.74) is 0.981. The first kappa shape index (κ1) is 15.7. The first-order chi connectivity index (χ1) is 10.3. The molecule has 1 aromatic heterocycles. The standard InChI is InChI=1S/C17H21NO2S/c1-3-18(13-15-11-8-12-21-15)16(17(19)20-4-2)14-9-6-5-7-10-14/h5-12,16H,3-4,13H2,1-2H3. The number of likely N-dealkylation sites (N-methyl/N-ethyl adjacent to an activating group) is 1. The number of esters is 1. The minimum absolute atomic E-state index is 0.179. The molecular weight excluding hydrogens is 282 g/mol. The van der Waals surface area contributed by atoms with Crippen LogP contribution in [-0.2, 0) is 16.1 Å². The van der Waals surface area contributed by atoms with Crippen LogP contribution < -0.4 is 0 Å². The van der Waals surface area contributed by atoms with Gasteiger partial charge in [-0.1, -0.05) is 43.3 Å². The second-order valence-corrected chi connectivity index (χ2v) is 5.74. The Balaban J connectivity index is 2.26. The molecule has 0 aliphatic carbocycles. The SMILES string of the molecule is CCOC(=O)C(c1ccccc1)N(CC)Cc1cccs1. The van der Waals surface area contributed by atoms with Crippen molar-refractivity contribution in [3.05, 3.63) is 58.3 Å². The highest BCUT2D eigenvalue weighted by Crippen LogP contribution is 2.25. The quantitative estimate of drug-likeness (QED) is 0.727. The van der Waals surface area contributed by atoms with Crippen molar-refractivity contribution in [1.82, 2.24) is 4.90 Å². The minimum Gasteiger partial charge on any atom is -0.465 e. The van der Waals surface area contributed by atoms with Crippen LogP contribution in [0.4, 0.5) is 0 Å². The Hall–Kier alpha value is -1.65. The summed E-state index contributed by atoms with van der Waals surface area (Å²) < 4.78 is 5.28. The molecule has 0 aliphatic rings. The molecule has 0 fully saturated rings. The van der Waals surface area contributed by atoms with E-state index in [4.69, 9.17) is 4.74 Å². The van der Waals surface area contributed by atoms with E-state index in [1.807, 2.05) is 43.3 Å². The van der Waals surface area contributed by atoms with E-state index in [0.29, 0.717) is 6.61 Å². The first-order valence-electron chi connectivity index (χ1n) is 7.24. The van der Waals surface area contributed by atoms with Crippen LogP contribution in [-0.4, -0.2) is 24.0 Å². The molecule has 112 valence electrons. The molecule has 2 rings (SSSR count). The molecule has 1 heterocycles. The third kappa shape index (κ3) is 4.16. The third-order valence-corrected chi connectivity index (χ3v) is 4.20. The van der Waals surface area contributed by atoms with Crippen LogP contribution in [0.15, 0.2) is 47.8 Å². The maximum atomic E-state index is 12.4. The van der Waals surface area contributed by atoms with Gasteiger partial charge in [-0.05, 0) is 30.5 Å². The Bertz CT molecular complexity index is 539. The fourth-order valence-electron chi connectivity index (χ4n) is 2.34. The van der Waals surface area contributed by atoms with Gasteiger partial charge in [0.15, 0.2) is 0 Å². The molecule has 21 heavy (non-hydrogen) atoms. The van der Waals surface area contributed by atoms with Crippen molar-refractivity contribution in [2.24, 2.45) is 0 Å². The van der Waals surface area contributed by atoms with Crippen molar-refractivity contribution in [1.29, 1.82) is 0 Å². The zero-order chi connectivity index (χ0) is 15.1. The summed E-state index contributed by atoms with van der Waals surface area (Å²) in [5.74, 6) is -0.179. The molecule has 4 heteroatoms. The zero-order valence-corrected chi connectivity index (χ0v) is 13.3. The summed E-state index contributed by atoms with van der Waals surface area (Å²) in [6.45, 7) is 5.86. The maximum Gasteiger partial charge on any atom is 0.328 e. The van der Waals surface area contributed by atoms with E-state index < -0.39 is 0 Å². The highest BCUT2D eigenvalue weighted by molar-refractivity contribution is 7.09. The molecule has 0 radical (unpaired) electrons. The highest BCUT2D eigenvalue weighted by Gasteiger charge is 2.28. The van der Waals surface area contributed by atoms with Crippen molar-refractivity contribution in [2.75, 3.05) is 13.2 Å². The van der Waals surface area contributed by atoms with Crippen LogP contribution >= 0.6 is 11.3 Å². The molecule has 2 aromatic rings. The van der Waals surface area contributed by atoms with Crippen LogP contribution in [0.25, 0.3) is 0 Å². The first-order valence-corrected chi connectivity index (χ1v) is 8.12. The summed E-state index contributed by atoms with van der Waals surface area (Å²) in [6.07, 6.45) is 0. The second-order valence-electron chi connectivity index (χ2n) is 4.71. The van der Waals surface area contributed by atoms with Gasteiger partial charge >= 0.3 is 5.97 Å². The van der Waals surface area contributed by atoms with Gasteiger partial charge in [-0.25, -0.2) is 4.79 Å². The summed E-state index contributed by atoms with van der Waals surface area (Å²) in [5, 5.41) is 2.06. The number of thiophene rings is 1. The van der Waals surface area contributed by atoms with E-state index in [1.54, 1.807) is 11.3 Å². The smallest absolute Gasteiger partial charge is 0.328 e. The number of hydrogen-bond acceptors (Lipinski definition) is 4. The van der Waals surface area contributed by atoms with E-state index in [1.165, 1.54) is 4.88 Å². The Morgan fingerprint density at radius 2 is 1.95 bits per heavy atom. The molecule has 0 N–H and O–H groups in total. The predicted octanol–water partition coefficient (Wildman–Crippen LogP) is 3.87. The fraction of sp³-hybridized carbons (Fsp3) is 0.353. The lowest BCUT2D eigenvalue weighted by Crippen LogP contribution is -2.34. The van der Waals surface area contributed by atoms with Gasteiger partial charge < -0.3 is 4.74 Å². The number of rotatable bonds is 7. The predicted molar refractivity (Wildman–Crippen MR) is 86.2 cm³/mol. The van der Waals surface area contributed by atoms with Gasteiger partial charge in [0.1, 0.15) is 6.04 Å². The molecule has 1 unspecified atom stereocenters. The van der Waals surface area contributed by atoms with Crippen molar-refractivity contribution < 1.29 is 9.53 Å². The van der Waals surface area contributed by atoms with Gasteiger partial charge in [-0.3, -0.25) is 4.90 Å². The van der Waals surface area contributed by atoms with E-state index in [-0.39, 0.29) is 12.0 Å². The number of hydrogen-bond donors (Lipinski definition) is 0. The van der Waals surface area contributed by atoms with Crippen LogP contribution in [0.2, 0.25) is 0 Å². The monoisotopic (exact) mass is 303 g/mol. The zero-order valence-electron chi connectivity index (χ0n) is 12.5. The van der Waals surface area contributed by atoms with Crippen LogP contribution in [0.3, 0.4) is 0 Å². The number of benzene rings is 1. The Kier molecular flexibility index (Phi) is 5.96. The molecule has 0 amide bonds. The average molecular weight is 303 g/mol. The lowest BCUT2D eigenvalue weighted by Gasteiger charge is -2.29. The molecule has 0 aliphatic heterocycles. The Morgan fingerprint density at radius 1 is 1.19 bits per heavy atom. The van der Waals surface area contributed by atoms with Gasteiger partial charge in [0, 0.05) is 11.4 Å². The van der Waals surface area contributed by atoms with E-state index in [2.05, 4.69) is 23.3 Å². The van der Waals surface area contributed by atoms with E-state index in [9.17, 15) is 4.79 Å². The van der Waals surface area contributed by atoms with Gasteiger partial charge in [-0.15, -0.1) is 11.3 Å². The molecule has 0 saturated carbocycles. The van der Waals surface area contributed by atoms with Gasteiger partial charge in [0.05, 0.1) is 6.61 Å². The van der Waals surface area contributed by atoms with Crippen molar-refractivity contribution in [3.8, 4) is 0 Å². The molecule has 0 saturated heterocycles. The fourth-order valence-corrected chi connectivity index (χ4v) is 3.07. The average Bonchev–Trinajstić information content (AvgIpc) is 3.01. The van der Waals surface area contributed by atoms with E-state index >= 15 is 0 Å². The summed E-state index contributed by atoms with van der Waals surface area (Å²) >= 11 is 1.71. The molecule has 1 aromatic carbocycles. The van der Waals surface area contributed by atoms with Crippen LogP contribution in [0, 0.1) is 0 Å². The summed E-state index contributed by atoms with van der Waals surface area (Å²) in [6, 6.07) is 13.6.